The zero-order valence-electron chi connectivity index (χ0n) is 8.37. The van der Waals surface area contributed by atoms with Crippen LogP contribution in [0.2, 0.25) is 0 Å². The highest BCUT2D eigenvalue weighted by Crippen LogP contribution is 2.19. The van der Waals surface area contributed by atoms with Crippen molar-refractivity contribution >= 4 is 11.9 Å². The van der Waals surface area contributed by atoms with Crippen LogP contribution in [0.25, 0.3) is 0 Å². The smallest absolute Gasteiger partial charge is 0.0230 e. The average molecular weight is 196 g/mol. The molecule has 0 atom stereocenters. The first-order chi connectivity index (χ1) is 6.22. The fourth-order valence-electron chi connectivity index (χ4n) is 1.08. The van der Waals surface area contributed by atoms with Gasteiger partial charge in [-0.05, 0) is 50.8 Å². The molecular formula is C10H16N2S. The summed E-state index contributed by atoms with van der Waals surface area (Å²) in [5.74, 6) is 0. The molecular weight excluding hydrogens is 180 g/mol. The van der Waals surface area contributed by atoms with Gasteiger partial charge in [0.15, 0.2) is 0 Å². The third-order valence-electron chi connectivity index (χ3n) is 1.59. The summed E-state index contributed by atoms with van der Waals surface area (Å²) in [6.45, 7) is 0.937. The van der Waals surface area contributed by atoms with Crippen LogP contribution >= 0.6 is 11.9 Å². The van der Waals surface area contributed by atoms with Gasteiger partial charge in [-0.3, -0.25) is 4.31 Å². The Bertz CT molecular complexity index is 244. The molecule has 1 aromatic carbocycles. The number of benzene rings is 1. The van der Waals surface area contributed by atoms with Gasteiger partial charge >= 0.3 is 0 Å². The van der Waals surface area contributed by atoms with Crippen molar-refractivity contribution in [2.45, 2.75) is 11.4 Å². The van der Waals surface area contributed by atoms with Gasteiger partial charge < -0.3 is 5.32 Å². The van der Waals surface area contributed by atoms with Gasteiger partial charge in [0.2, 0.25) is 0 Å². The highest BCUT2D eigenvalue weighted by Gasteiger charge is 1.95. The average Bonchev–Trinajstić information content (AvgIpc) is 2.08. The van der Waals surface area contributed by atoms with E-state index >= 15 is 0 Å². The molecule has 0 radical (unpaired) electrons. The van der Waals surface area contributed by atoms with Gasteiger partial charge in [-0.2, -0.15) is 0 Å². The zero-order chi connectivity index (χ0) is 9.68. The Morgan fingerprint density at radius 2 is 1.85 bits per heavy atom. The maximum atomic E-state index is 3.13. The lowest BCUT2D eigenvalue weighted by molar-refractivity contribution is 0.702. The number of hydrogen-bond acceptors (Lipinski definition) is 3. The standard InChI is InChI=1S/C10H16N2S/c1-11-8-9-4-6-10(7-5-9)13-12(2)3/h4-7,11H,8H2,1-3H3. The van der Waals surface area contributed by atoms with Crippen LogP contribution in [0.5, 0.6) is 0 Å². The summed E-state index contributed by atoms with van der Waals surface area (Å²) in [6, 6.07) is 8.61. The molecule has 0 unspecified atom stereocenters. The van der Waals surface area contributed by atoms with E-state index in [0.29, 0.717) is 0 Å². The molecule has 1 rings (SSSR count). The minimum atomic E-state index is 0.937. The summed E-state index contributed by atoms with van der Waals surface area (Å²) >= 11 is 1.74. The molecule has 0 aliphatic carbocycles. The van der Waals surface area contributed by atoms with Crippen LogP contribution in [0.15, 0.2) is 29.2 Å². The Balaban J connectivity index is 2.59. The van der Waals surface area contributed by atoms with Crippen molar-refractivity contribution in [1.29, 1.82) is 0 Å². The van der Waals surface area contributed by atoms with Gasteiger partial charge in [-0.25, -0.2) is 0 Å². The second kappa shape index (κ2) is 5.27. The van der Waals surface area contributed by atoms with E-state index < -0.39 is 0 Å². The normalized spacial score (nSPS) is 10.8. The number of hydrogen-bond donors (Lipinski definition) is 1. The van der Waals surface area contributed by atoms with Crippen LogP contribution in [0, 0.1) is 0 Å². The maximum Gasteiger partial charge on any atom is 0.0230 e. The van der Waals surface area contributed by atoms with Crippen molar-refractivity contribution in [1.82, 2.24) is 9.62 Å². The predicted molar refractivity (Wildman–Crippen MR) is 58.7 cm³/mol. The Morgan fingerprint density at radius 1 is 1.23 bits per heavy atom. The minimum absolute atomic E-state index is 0.937. The van der Waals surface area contributed by atoms with E-state index in [2.05, 4.69) is 33.9 Å². The van der Waals surface area contributed by atoms with Gasteiger partial charge in [0.1, 0.15) is 0 Å². The second-order valence-corrected chi connectivity index (χ2v) is 4.46. The van der Waals surface area contributed by atoms with E-state index in [9.17, 15) is 0 Å². The minimum Gasteiger partial charge on any atom is -0.316 e. The van der Waals surface area contributed by atoms with E-state index in [1.165, 1.54) is 10.5 Å². The first kappa shape index (κ1) is 10.6. The summed E-state index contributed by atoms with van der Waals surface area (Å²) in [6.07, 6.45) is 0. The van der Waals surface area contributed by atoms with Crippen LogP contribution < -0.4 is 5.32 Å². The highest BCUT2D eigenvalue weighted by atomic mass is 32.2. The van der Waals surface area contributed by atoms with E-state index in [4.69, 9.17) is 0 Å². The van der Waals surface area contributed by atoms with Gasteiger partial charge in [0.25, 0.3) is 0 Å². The van der Waals surface area contributed by atoms with Crippen molar-refractivity contribution in [3.63, 3.8) is 0 Å². The van der Waals surface area contributed by atoms with Crippen molar-refractivity contribution in [3.05, 3.63) is 29.8 Å². The number of rotatable bonds is 4. The van der Waals surface area contributed by atoms with Gasteiger partial charge in [-0.15, -0.1) is 0 Å². The SMILES string of the molecule is CNCc1ccc(SN(C)C)cc1. The van der Waals surface area contributed by atoms with Gasteiger partial charge in [-0.1, -0.05) is 12.1 Å². The third kappa shape index (κ3) is 3.81. The third-order valence-corrected chi connectivity index (χ3v) is 2.44. The van der Waals surface area contributed by atoms with E-state index in [1.807, 2.05) is 21.1 Å². The van der Waals surface area contributed by atoms with Crippen molar-refractivity contribution < 1.29 is 0 Å². The molecule has 0 heterocycles. The van der Waals surface area contributed by atoms with E-state index in [0.717, 1.165) is 6.54 Å². The molecule has 13 heavy (non-hydrogen) atoms. The largest absolute Gasteiger partial charge is 0.316 e. The van der Waals surface area contributed by atoms with Gasteiger partial charge in [0.05, 0.1) is 0 Å². The quantitative estimate of drug-likeness (QED) is 0.741. The summed E-state index contributed by atoms with van der Waals surface area (Å²) < 4.78 is 2.09. The van der Waals surface area contributed by atoms with E-state index in [1.54, 1.807) is 11.9 Å². The first-order valence-electron chi connectivity index (χ1n) is 4.31. The van der Waals surface area contributed by atoms with Crippen LogP contribution in [-0.4, -0.2) is 25.4 Å². The van der Waals surface area contributed by atoms with Gasteiger partial charge in [0, 0.05) is 11.4 Å². The molecule has 0 aliphatic heterocycles. The van der Waals surface area contributed by atoms with Crippen LogP contribution in [0.3, 0.4) is 0 Å². The molecule has 0 aromatic heterocycles. The maximum absolute atomic E-state index is 3.13. The second-order valence-electron chi connectivity index (χ2n) is 3.08. The Labute approximate surface area is 84.5 Å². The fourth-order valence-corrected chi connectivity index (χ4v) is 1.76. The molecule has 0 saturated carbocycles. The van der Waals surface area contributed by atoms with Crippen molar-refractivity contribution in [2.75, 3.05) is 21.1 Å². The first-order valence-corrected chi connectivity index (χ1v) is 5.08. The molecule has 72 valence electrons. The molecule has 0 bridgehead atoms. The highest BCUT2D eigenvalue weighted by molar-refractivity contribution is 7.97. The summed E-state index contributed by atoms with van der Waals surface area (Å²) in [5, 5.41) is 3.13. The lowest BCUT2D eigenvalue weighted by atomic mass is 10.2. The fraction of sp³-hybridized carbons (Fsp3) is 0.400. The Morgan fingerprint density at radius 3 is 2.31 bits per heavy atom. The molecule has 0 amide bonds. The number of nitrogens with zero attached hydrogens (tertiary/aromatic N) is 1. The molecule has 2 nitrogen and oxygen atoms in total. The van der Waals surface area contributed by atoms with Crippen LogP contribution in [0.1, 0.15) is 5.56 Å². The van der Waals surface area contributed by atoms with Crippen LogP contribution in [-0.2, 0) is 6.54 Å². The van der Waals surface area contributed by atoms with E-state index in [-0.39, 0.29) is 0 Å². The van der Waals surface area contributed by atoms with Crippen LogP contribution in [0.4, 0.5) is 0 Å². The molecule has 0 aliphatic rings. The molecule has 0 spiro atoms. The Kier molecular flexibility index (Phi) is 4.28. The molecule has 1 aromatic rings. The van der Waals surface area contributed by atoms with Crippen molar-refractivity contribution in [3.8, 4) is 0 Å². The molecule has 3 heteroatoms. The number of nitrogens with one attached hydrogen (secondary N) is 1. The monoisotopic (exact) mass is 196 g/mol. The molecule has 0 fully saturated rings. The lowest BCUT2D eigenvalue weighted by Gasteiger charge is -2.08. The van der Waals surface area contributed by atoms with Crippen molar-refractivity contribution in [2.24, 2.45) is 0 Å². The molecule has 0 saturated heterocycles. The topological polar surface area (TPSA) is 15.3 Å². The Hall–Kier alpha value is -0.510. The summed E-state index contributed by atoms with van der Waals surface area (Å²) in [4.78, 5) is 1.28. The molecule has 1 N–H and O–H groups in total. The zero-order valence-corrected chi connectivity index (χ0v) is 9.19. The summed E-state index contributed by atoms with van der Waals surface area (Å²) in [7, 11) is 6.06. The summed E-state index contributed by atoms with van der Waals surface area (Å²) in [5.41, 5.74) is 1.32. The lowest BCUT2D eigenvalue weighted by Crippen LogP contribution is -2.04. The predicted octanol–water partition coefficient (Wildman–Crippen LogP) is 1.97.